The van der Waals surface area contributed by atoms with Crippen LogP contribution >= 0.6 is 22.6 Å². The van der Waals surface area contributed by atoms with Gasteiger partial charge in [-0.25, -0.2) is 0 Å². The van der Waals surface area contributed by atoms with E-state index in [-0.39, 0.29) is 5.92 Å². The van der Waals surface area contributed by atoms with Crippen LogP contribution in [-0.4, -0.2) is 10.9 Å². The lowest BCUT2D eigenvalue weighted by atomic mass is 9.79. The molecule has 0 aromatic heterocycles. The molecular weight excluding hydrogens is 351 g/mol. The van der Waals surface area contributed by atoms with Gasteiger partial charge in [0, 0.05) is 17.3 Å². The second-order valence-corrected chi connectivity index (χ2v) is 6.65. The van der Waals surface area contributed by atoms with Crippen molar-refractivity contribution in [3.05, 3.63) is 29.8 Å². The number of hydrogen-bond acceptors (Lipinski definition) is 2. The van der Waals surface area contributed by atoms with E-state index in [2.05, 4.69) is 41.6 Å². The van der Waals surface area contributed by atoms with E-state index in [1.807, 2.05) is 12.1 Å². The van der Waals surface area contributed by atoms with Crippen molar-refractivity contribution in [3.63, 3.8) is 0 Å². The molecule has 2 rings (SSSR count). The van der Waals surface area contributed by atoms with Gasteiger partial charge in [-0.15, -0.1) is 0 Å². The Bertz CT molecular complexity index is 392. The van der Waals surface area contributed by atoms with Crippen LogP contribution in [0.5, 0.6) is 5.75 Å². The van der Waals surface area contributed by atoms with Crippen molar-refractivity contribution in [2.45, 2.75) is 49.7 Å². The highest BCUT2D eigenvalue weighted by molar-refractivity contribution is 14.1. The van der Waals surface area contributed by atoms with Gasteiger partial charge >= 0.3 is 0 Å². The minimum Gasteiger partial charge on any atom is -0.463 e. The van der Waals surface area contributed by atoms with Gasteiger partial charge in [0.05, 0.1) is 0 Å². The molecule has 1 aromatic carbocycles. The SMILES string of the molecule is CC1CCC([C@@](C)(O)Oc2ccc(CI)cc2)CC1. The monoisotopic (exact) mass is 374 g/mol. The molecule has 1 aromatic rings. The van der Waals surface area contributed by atoms with E-state index >= 15 is 0 Å². The van der Waals surface area contributed by atoms with Gasteiger partial charge in [0.2, 0.25) is 5.79 Å². The quantitative estimate of drug-likeness (QED) is 0.477. The van der Waals surface area contributed by atoms with Crippen molar-refractivity contribution in [2.24, 2.45) is 11.8 Å². The third-order valence-electron chi connectivity index (χ3n) is 4.18. The fourth-order valence-corrected chi connectivity index (χ4v) is 3.27. The lowest BCUT2D eigenvalue weighted by molar-refractivity contribution is -0.172. The number of aliphatic hydroxyl groups is 1. The molecule has 0 aliphatic heterocycles. The lowest BCUT2D eigenvalue weighted by Gasteiger charge is -2.37. The second kappa shape index (κ2) is 6.44. The van der Waals surface area contributed by atoms with Crippen LogP contribution < -0.4 is 4.74 Å². The molecule has 1 N–H and O–H groups in total. The first-order valence-corrected chi connectivity index (χ1v) is 8.60. The highest BCUT2D eigenvalue weighted by Gasteiger charge is 2.36. The summed E-state index contributed by atoms with van der Waals surface area (Å²) in [6, 6.07) is 8.02. The molecule has 1 atom stereocenters. The second-order valence-electron chi connectivity index (χ2n) is 5.89. The van der Waals surface area contributed by atoms with Gasteiger partial charge in [0.15, 0.2) is 0 Å². The van der Waals surface area contributed by atoms with E-state index in [4.69, 9.17) is 4.74 Å². The van der Waals surface area contributed by atoms with Gasteiger partial charge in [-0.3, -0.25) is 0 Å². The first kappa shape index (κ1) is 15.1. The fraction of sp³-hybridized carbons (Fsp3) is 0.625. The minimum atomic E-state index is -1.05. The molecule has 0 radical (unpaired) electrons. The van der Waals surface area contributed by atoms with Gasteiger partial charge < -0.3 is 9.84 Å². The Morgan fingerprint density at radius 2 is 1.79 bits per heavy atom. The molecule has 2 nitrogen and oxygen atoms in total. The summed E-state index contributed by atoms with van der Waals surface area (Å²) in [5.74, 6) is 0.742. The molecule has 1 aliphatic rings. The van der Waals surface area contributed by atoms with Crippen molar-refractivity contribution in [3.8, 4) is 5.75 Å². The van der Waals surface area contributed by atoms with Crippen molar-refractivity contribution < 1.29 is 9.84 Å². The van der Waals surface area contributed by atoms with Gasteiger partial charge in [-0.2, -0.15) is 0 Å². The summed E-state index contributed by atoms with van der Waals surface area (Å²) in [4.78, 5) is 0. The molecule has 1 saturated carbocycles. The number of alkyl halides is 1. The van der Waals surface area contributed by atoms with Crippen LogP contribution in [0, 0.1) is 11.8 Å². The van der Waals surface area contributed by atoms with E-state index in [1.165, 1.54) is 18.4 Å². The maximum Gasteiger partial charge on any atom is 0.208 e. The van der Waals surface area contributed by atoms with Gasteiger partial charge in [0.25, 0.3) is 0 Å². The topological polar surface area (TPSA) is 29.5 Å². The van der Waals surface area contributed by atoms with Crippen LogP contribution in [0.4, 0.5) is 0 Å². The molecular formula is C16H23IO2. The zero-order chi connectivity index (χ0) is 13.9. The highest BCUT2D eigenvalue weighted by Crippen LogP contribution is 2.36. The van der Waals surface area contributed by atoms with E-state index in [0.29, 0.717) is 0 Å². The fourth-order valence-electron chi connectivity index (χ4n) is 2.76. The predicted octanol–water partition coefficient (Wildman–Crippen LogP) is 4.54. The normalized spacial score (nSPS) is 26.7. The molecule has 3 heteroatoms. The summed E-state index contributed by atoms with van der Waals surface area (Å²) in [5.41, 5.74) is 1.28. The van der Waals surface area contributed by atoms with Gasteiger partial charge in [-0.05, 0) is 36.5 Å². The Kier molecular flexibility index (Phi) is 5.12. The third-order valence-corrected chi connectivity index (χ3v) is 5.06. The van der Waals surface area contributed by atoms with Gasteiger partial charge in [0.1, 0.15) is 5.75 Å². The molecule has 106 valence electrons. The summed E-state index contributed by atoms with van der Waals surface area (Å²) in [6.07, 6.45) is 4.50. The standard InChI is InChI=1S/C16H23IO2/c1-12-3-7-14(8-4-12)16(2,18)19-15-9-5-13(11-17)6-10-15/h5-6,9-10,12,14,18H,3-4,7-8,11H2,1-2H3/t12?,14?,16-/m0/s1. The molecule has 19 heavy (non-hydrogen) atoms. The first-order valence-electron chi connectivity index (χ1n) is 7.07. The number of rotatable bonds is 4. The number of hydrogen-bond donors (Lipinski definition) is 1. The molecule has 0 bridgehead atoms. The Balaban J connectivity index is 1.99. The Hall–Kier alpha value is -0.290. The molecule has 1 fully saturated rings. The molecule has 0 unspecified atom stereocenters. The van der Waals surface area contributed by atoms with Crippen LogP contribution in [0.15, 0.2) is 24.3 Å². The smallest absolute Gasteiger partial charge is 0.208 e. The summed E-state index contributed by atoms with van der Waals surface area (Å²) in [6.45, 7) is 4.09. The van der Waals surface area contributed by atoms with Crippen LogP contribution in [-0.2, 0) is 4.43 Å². The highest BCUT2D eigenvalue weighted by atomic mass is 127. The van der Waals surface area contributed by atoms with Crippen LogP contribution in [0.2, 0.25) is 0 Å². The van der Waals surface area contributed by atoms with E-state index in [9.17, 15) is 5.11 Å². The van der Waals surface area contributed by atoms with E-state index in [1.54, 1.807) is 6.92 Å². The van der Waals surface area contributed by atoms with Crippen molar-refractivity contribution in [2.75, 3.05) is 0 Å². The summed E-state index contributed by atoms with van der Waals surface area (Å²) < 4.78 is 6.82. The molecule has 0 saturated heterocycles. The van der Waals surface area contributed by atoms with Crippen LogP contribution in [0.1, 0.15) is 45.1 Å². The maximum atomic E-state index is 10.6. The zero-order valence-corrected chi connectivity index (χ0v) is 13.9. The Morgan fingerprint density at radius 1 is 1.21 bits per heavy atom. The first-order chi connectivity index (χ1) is 9.01. The van der Waals surface area contributed by atoms with Crippen LogP contribution in [0.25, 0.3) is 0 Å². The predicted molar refractivity (Wildman–Crippen MR) is 86.5 cm³/mol. The minimum absolute atomic E-state index is 0.243. The van der Waals surface area contributed by atoms with Crippen molar-refractivity contribution in [1.82, 2.24) is 0 Å². The molecule has 1 aliphatic carbocycles. The van der Waals surface area contributed by atoms with Gasteiger partial charge in [-0.1, -0.05) is 54.5 Å². The van der Waals surface area contributed by atoms with Crippen LogP contribution in [0.3, 0.4) is 0 Å². The molecule has 0 spiro atoms. The molecule has 0 amide bonds. The number of benzene rings is 1. The lowest BCUT2D eigenvalue weighted by Crippen LogP contribution is -2.42. The zero-order valence-electron chi connectivity index (χ0n) is 11.7. The van der Waals surface area contributed by atoms with Crippen molar-refractivity contribution >= 4 is 22.6 Å². The third kappa shape index (κ3) is 4.09. The average Bonchev–Trinajstić information content (AvgIpc) is 2.40. The molecule has 0 heterocycles. The maximum absolute atomic E-state index is 10.6. The Morgan fingerprint density at radius 3 is 2.32 bits per heavy atom. The van der Waals surface area contributed by atoms with E-state index < -0.39 is 5.79 Å². The van der Waals surface area contributed by atoms with Crippen molar-refractivity contribution in [1.29, 1.82) is 0 Å². The average molecular weight is 374 g/mol. The summed E-state index contributed by atoms with van der Waals surface area (Å²) >= 11 is 2.34. The number of halogens is 1. The summed E-state index contributed by atoms with van der Waals surface area (Å²) in [7, 11) is 0. The summed E-state index contributed by atoms with van der Waals surface area (Å²) in [5, 5.41) is 10.6. The largest absolute Gasteiger partial charge is 0.463 e. The Labute approximate surface area is 129 Å². The number of ether oxygens (including phenoxy) is 1. The van der Waals surface area contributed by atoms with E-state index in [0.717, 1.165) is 28.9 Å².